The van der Waals surface area contributed by atoms with Crippen molar-refractivity contribution in [2.75, 3.05) is 12.9 Å². The van der Waals surface area contributed by atoms with E-state index in [1.54, 1.807) is 23.8 Å². The smallest absolute Gasteiger partial charge is 0.242 e. The van der Waals surface area contributed by atoms with E-state index in [1.165, 1.54) is 12.0 Å². The standard InChI is InChI=1S/C27H36N2O3S/c1-20-12-14-25(15-13-20)33-17-16-26(30)29(19-22-8-7-11-24(18-22)32-3)21(2)27(31)28-23-9-5-4-6-10-23/h7-8,11-15,18,21,23H,4-6,9-10,16-17,19H2,1-3H3,(H,28,31)/t21-/m0/s1. The number of nitrogens with one attached hydrogen (secondary N) is 1. The summed E-state index contributed by atoms with van der Waals surface area (Å²) in [4.78, 5) is 29.2. The minimum Gasteiger partial charge on any atom is -0.497 e. The molecule has 0 heterocycles. The van der Waals surface area contributed by atoms with Crippen LogP contribution < -0.4 is 10.1 Å². The first-order valence-corrected chi connectivity index (χ1v) is 12.9. The third kappa shape index (κ3) is 7.81. The highest BCUT2D eigenvalue weighted by Gasteiger charge is 2.28. The number of rotatable bonds is 10. The molecule has 0 aliphatic heterocycles. The van der Waals surface area contributed by atoms with Crippen molar-refractivity contribution in [1.29, 1.82) is 0 Å². The van der Waals surface area contributed by atoms with Gasteiger partial charge in [-0.15, -0.1) is 11.8 Å². The fourth-order valence-corrected chi connectivity index (χ4v) is 4.99. The monoisotopic (exact) mass is 468 g/mol. The van der Waals surface area contributed by atoms with Crippen molar-refractivity contribution in [2.45, 2.75) is 75.9 Å². The van der Waals surface area contributed by atoms with Crippen LogP contribution in [0.2, 0.25) is 0 Å². The molecule has 6 heteroatoms. The molecular formula is C27H36N2O3S. The van der Waals surface area contributed by atoms with Crippen LogP contribution >= 0.6 is 11.8 Å². The number of benzene rings is 2. The molecule has 1 aliphatic carbocycles. The van der Waals surface area contributed by atoms with E-state index < -0.39 is 6.04 Å². The summed E-state index contributed by atoms with van der Waals surface area (Å²) >= 11 is 1.67. The zero-order valence-corrected chi connectivity index (χ0v) is 20.8. The number of hydrogen-bond acceptors (Lipinski definition) is 4. The lowest BCUT2D eigenvalue weighted by Crippen LogP contribution is -2.50. The molecule has 0 radical (unpaired) electrons. The van der Waals surface area contributed by atoms with Gasteiger partial charge >= 0.3 is 0 Å². The number of methoxy groups -OCH3 is 1. The molecule has 0 spiro atoms. The molecule has 3 rings (SSSR count). The zero-order valence-electron chi connectivity index (χ0n) is 20.0. The average molecular weight is 469 g/mol. The molecule has 1 atom stereocenters. The molecule has 2 amide bonds. The Morgan fingerprint density at radius 1 is 1.12 bits per heavy atom. The first-order chi connectivity index (χ1) is 16.0. The van der Waals surface area contributed by atoms with Crippen LogP contribution in [0.1, 0.15) is 56.6 Å². The Morgan fingerprint density at radius 2 is 1.85 bits per heavy atom. The Kier molecular flexibility index (Phi) is 9.67. The molecule has 1 fully saturated rings. The van der Waals surface area contributed by atoms with Crippen molar-refractivity contribution in [3.63, 3.8) is 0 Å². The molecule has 0 bridgehead atoms. The Labute approximate surface area is 202 Å². The summed E-state index contributed by atoms with van der Waals surface area (Å²) in [6, 6.07) is 15.7. The Bertz CT molecular complexity index is 910. The minimum absolute atomic E-state index is 0.0104. The minimum atomic E-state index is -0.532. The summed E-state index contributed by atoms with van der Waals surface area (Å²) in [5.74, 6) is 1.34. The maximum Gasteiger partial charge on any atom is 0.242 e. The maximum atomic E-state index is 13.3. The van der Waals surface area contributed by atoms with Crippen molar-refractivity contribution in [3.05, 3.63) is 59.7 Å². The van der Waals surface area contributed by atoms with Gasteiger partial charge in [-0.1, -0.05) is 49.1 Å². The molecule has 1 N–H and O–H groups in total. The number of amides is 2. The molecule has 0 aromatic heterocycles. The quantitative estimate of drug-likeness (QED) is 0.478. The fourth-order valence-electron chi connectivity index (χ4n) is 4.15. The highest BCUT2D eigenvalue weighted by molar-refractivity contribution is 7.99. The van der Waals surface area contributed by atoms with E-state index in [4.69, 9.17) is 4.74 Å². The molecule has 5 nitrogen and oxygen atoms in total. The second-order valence-electron chi connectivity index (χ2n) is 8.80. The molecule has 1 aliphatic rings. The number of thioether (sulfide) groups is 1. The van der Waals surface area contributed by atoms with Gasteiger partial charge in [0.05, 0.1) is 7.11 Å². The normalized spacial score (nSPS) is 15.0. The van der Waals surface area contributed by atoms with E-state index in [-0.39, 0.29) is 17.9 Å². The van der Waals surface area contributed by atoms with Gasteiger partial charge in [0, 0.05) is 29.7 Å². The van der Waals surface area contributed by atoms with Gasteiger partial charge in [0.15, 0.2) is 0 Å². The van der Waals surface area contributed by atoms with Crippen LogP contribution in [0.5, 0.6) is 5.75 Å². The van der Waals surface area contributed by atoms with Crippen molar-refractivity contribution in [3.8, 4) is 5.75 Å². The number of hydrogen-bond donors (Lipinski definition) is 1. The third-order valence-corrected chi connectivity index (χ3v) is 7.23. The molecule has 178 valence electrons. The first kappa shape index (κ1) is 25.2. The van der Waals surface area contributed by atoms with Crippen LogP contribution in [-0.2, 0) is 16.1 Å². The Balaban J connectivity index is 1.66. The van der Waals surface area contributed by atoms with Gasteiger partial charge in [0.2, 0.25) is 11.8 Å². The molecule has 2 aromatic rings. The van der Waals surface area contributed by atoms with Crippen LogP contribution in [0, 0.1) is 6.92 Å². The lowest BCUT2D eigenvalue weighted by Gasteiger charge is -2.31. The van der Waals surface area contributed by atoms with Crippen LogP contribution in [0.4, 0.5) is 0 Å². The van der Waals surface area contributed by atoms with E-state index in [2.05, 4.69) is 36.5 Å². The van der Waals surface area contributed by atoms with Gasteiger partial charge in [0.1, 0.15) is 11.8 Å². The number of carbonyl (C=O) groups is 2. The molecule has 1 saturated carbocycles. The van der Waals surface area contributed by atoms with Crippen LogP contribution in [0.15, 0.2) is 53.4 Å². The van der Waals surface area contributed by atoms with Crippen LogP contribution in [-0.4, -0.2) is 41.7 Å². The molecule has 2 aromatic carbocycles. The van der Waals surface area contributed by atoms with E-state index in [1.807, 2.05) is 31.2 Å². The fraction of sp³-hybridized carbons (Fsp3) is 0.481. The summed E-state index contributed by atoms with van der Waals surface area (Å²) < 4.78 is 5.34. The Hall–Kier alpha value is -2.47. The largest absolute Gasteiger partial charge is 0.497 e. The Morgan fingerprint density at radius 3 is 2.55 bits per heavy atom. The molecule has 33 heavy (non-hydrogen) atoms. The van der Waals surface area contributed by atoms with E-state index >= 15 is 0 Å². The van der Waals surface area contributed by atoms with Crippen molar-refractivity contribution in [1.82, 2.24) is 10.2 Å². The maximum absolute atomic E-state index is 13.3. The van der Waals surface area contributed by atoms with Gasteiger partial charge < -0.3 is 15.0 Å². The predicted molar refractivity (Wildman–Crippen MR) is 135 cm³/mol. The highest BCUT2D eigenvalue weighted by Crippen LogP contribution is 2.22. The van der Waals surface area contributed by atoms with Gasteiger partial charge in [-0.2, -0.15) is 0 Å². The van der Waals surface area contributed by atoms with Crippen LogP contribution in [0.25, 0.3) is 0 Å². The number of carbonyl (C=O) groups excluding carboxylic acids is 2. The van der Waals surface area contributed by atoms with Crippen molar-refractivity contribution >= 4 is 23.6 Å². The van der Waals surface area contributed by atoms with Crippen LogP contribution in [0.3, 0.4) is 0 Å². The summed E-state index contributed by atoms with van der Waals surface area (Å²) in [5.41, 5.74) is 2.17. The van der Waals surface area contributed by atoms with Gasteiger partial charge in [-0.3, -0.25) is 9.59 Å². The molecule has 0 saturated heterocycles. The van der Waals surface area contributed by atoms with Crippen molar-refractivity contribution in [2.24, 2.45) is 0 Å². The topological polar surface area (TPSA) is 58.6 Å². The lowest BCUT2D eigenvalue weighted by molar-refractivity contribution is -0.140. The number of nitrogens with zero attached hydrogens (tertiary/aromatic N) is 1. The molecule has 0 unspecified atom stereocenters. The molecular weight excluding hydrogens is 432 g/mol. The van der Waals surface area contributed by atoms with E-state index in [0.29, 0.717) is 18.7 Å². The average Bonchev–Trinajstić information content (AvgIpc) is 2.84. The summed E-state index contributed by atoms with van der Waals surface area (Å²) in [6.07, 6.45) is 5.97. The van der Waals surface area contributed by atoms with E-state index in [9.17, 15) is 9.59 Å². The second-order valence-corrected chi connectivity index (χ2v) is 9.97. The number of aryl methyl sites for hydroxylation is 1. The zero-order chi connectivity index (χ0) is 23.6. The van der Waals surface area contributed by atoms with E-state index in [0.717, 1.165) is 41.9 Å². The second kappa shape index (κ2) is 12.7. The summed E-state index contributed by atoms with van der Waals surface area (Å²) in [5, 5.41) is 3.19. The number of ether oxygens (including phenoxy) is 1. The lowest BCUT2D eigenvalue weighted by atomic mass is 9.95. The first-order valence-electron chi connectivity index (χ1n) is 11.9. The summed E-state index contributed by atoms with van der Waals surface area (Å²) in [6.45, 7) is 4.28. The predicted octanol–water partition coefficient (Wildman–Crippen LogP) is 5.35. The highest BCUT2D eigenvalue weighted by atomic mass is 32.2. The SMILES string of the molecule is COc1cccc(CN(C(=O)CCSc2ccc(C)cc2)[C@@H](C)C(=O)NC2CCCCC2)c1. The van der Waals surface area contributed by atoms with Gasteiger partial charge in [0.25, 0.3) is 0 Å². The van der Waals surface area contributed by atoms with Crippen molar-refractivity contribution < 1.29 is 14.3 Å². The third-order valence-electron chi connectivity index (χ3n) is 6.21. The van der Waals surface area contributed by atoms with Gasteiger partial charge in [-0.05, 0) is 56.5 Å². The summed E-state index contributed by atoms with van der Waals surface area (Å²) in [7, 11) is 1.63. The van der Waals surface area contributed by atoms with Gasteiger partial charge in [-0.25, -0.2) is 0 Å².